The predicted octanol–water partition coefficient (Wildman–Crippen LogP) is 2.95. The van der Waals surface area contributed by atoms with E-state index in [-0.39, 0.29) is 22.7 Å². The predicted molar refractivity (Wildman–Crippen MR) is 153 cm³/mol. The van der Waals surface area contributed by atoms with Gasteiger partial charge in [-0.2, -0.15) is 5.09 Å². The number of rotatable bonds is 11. The molecule has 0 spiro atoms. The van der Waals surface area contributed by atoms with Crippen LogP contribution in [0.25, 0.3) is 21.9 Å². The maximum Gasteiger partial charge on any atom is 0.459 e. The van der Waals surface area contributed by atoms with Gasteiger partial charge in [-0.15, -0.1) is 0 Å². The summed E-state index contributed by atoms with van der Waals surface area (Å²) in [6, 6.07) is 10.7. The third-order valence-corrected chi connectivity index (χ3v) is 8.57. The lowest BCUT2D eigenvalue weighted by Crippen LogP contribution is -2.53. The minimum absolute atomic E-state index is 0.00629. The molecule has 6 atom stereocenters. The van der Waals surface area contributed by atoms with Crippen molar-refractivity contribution in [2.45, 2.75) is 63.4 Å². The van der Waals surface area contributed by atoms with Crippen LogP contribution in [-0.2, 0) is 23.4 Å². The molecule has 2 aromatic heterocycles. The summed E-state index contributed by atoms with van der Waals surface area (Å²) >= 11 is 0. The third kappa shape index (κ3) is 6.09. The number of hydrogen-bond acceptors (Lipinski definition) is 12. The van der Waals surface area contributed by atoms with Crippen LogP contribution in [0.2, 0.25) is 0 Å². The molecule has 3 heterocycles. The number of aromatic nitrogens is 4. The van der Waals surface area contributed by atoms with Crippen molar-refractivity contribution in [2.75, 3.05) is 12.3 Å². The zero-order valence-electron chi connectivity index (χ0n) is 23.8. The minimum Gasteiger partial charge on any atom is -0.462 e. The van der Waals surface area contributed by atoms with Gasteiger partial charge in [0, 0.05) is 0 Å². The fourth-order valence-electron chi connectivity index (χ4n) is 4.71. The number of aliphatic hydroxyl groups excluding tert-OH is 2. The van der Waals surface area contributed by atoms with Crippen LogP contribution in [0.3, 0.4) is 0 Å². The molecule has 0 saturated carbocycles. The van der Waals surface area contributed by atoms with E-state index in [1.807, 2.05) is 12.1 Å². The number of halogens is 2. The Hall–Kier alpha value is -3.79. The van der Waals surface area contributed by atoms with Crippen molar-refractivity contribution < 1.29 is 46.9 Å². The minimum atomic E-state index is -4.69. The fraction of sp³-hybridized carbons (Fsp3) is 0.407. The molecule has 0 aliphatic carbocycles. The molecular weight excluding hydrogens is 605 g/mol. The fourth-order valence-corrected chi connectivity index (χ4v) is 6.24. The summed E-state index contributed by atoms with van der Waals surface area (Å²) in [4.78, 5) is 24.4. The average Bonchev–Trinajstić information content (AvgIpc) is 3.51. The Morgan fingerprint density at radius 3 is 2.59 bits per heavy atom. The number of hydrogen-bond donors (Lipinski definition) is 4. The largest absolute Gasteiger partial charge is 0.462 e. The molecule has 14 nitrogen and oxygen atoms in total. The van der Waals surface area contributed by atoms with Gasteiger partial charge in [-0.05, 0) is 43.7 Å². The molecular formula is C27H31F2N6O8P. The lowest BCUT2D eigenvalue weighted by molar-refractivity contribution is -0.191. The molecule has 1 fully saturated rings. The Morgan fingerprint density at radius 1 is 1.16 bits per heavy atom. The molecule has 6 unspecified atom stereocenters. The number of ether oxygens (including phenoxy) is 2. The Bertz CT molecular complexity index is 1710. The van der Waals surface area contributed by atoms with E-state index >= 15 is 0 Å². The number of aliphatic hydroxyl groups is 2. The first kappa shape index (κ1) is 31.6. The molecule has 2 aromatic carbocycles. The van der Waals surface area contributed by atoms with E-state index in [1.165, 1.54) is 13.0 Å². The summed E-state index contributed by atoms with van der Waals surface area (Å²) in [6.07, 6.45) is -7.54. The maximum absolute atomic E-state index is 14.8. The quantitative estimate of drug-likeness (QED) is 0.139. The van der Waals surface area contributed by atoms with Crippen LogP contribution in [0.1, 0.15) is 27.0 Å². The van der Waals surface area contributed by atoms with Gasteiger partial charge in [-0.1, -0.05) is 30.3 Å². The molecule has 0 amide bonds. The highest BCUT2D eigenvalue weighted by atomic mass is 31.2. The van der Waals surface area contributed by atoms with Gasteiger partial charge in [0.1, 0.15) is 35.8 Å². The number of imidazole rings is 1. The van der Waals surface area contributed by atoms with Gasteiger partial charge < -0.3 is 29.9 Å². The summed E-state index contributed by atoms with van der Waals surface area (Å²) in [7, 11) is -4.69. The molecule has 5 N–H and O–H groups in total. The van der Waals surface area contributed by atoms with Crippen molar-refractivity contribution >= 4 is 41.5 Å². The van der Waals surface area contributed by atoms with Crippen LogP contribution in [0.4, 0.5) is 14.6 Å². The number of fused-ring (bicyclic) bond motifs is 2. The smallest absolute Gasteiger partial charge is 0.459 e. The molecule has 17 heteroatoms. The van der Waals surface area contributed by atoms with Crippen LogP contribution >= 0.6 is 7.75 Å². The number of nitrogen functional groups attached to an aromatic ring is 1. The number of anilines is 1. The topological polar surface area (TPSA) is 193 Å². The second-order valence-corrected chi connectivity index (χ2v) is 12.2. The first-order valence-electron chi connectivity index (χ1n) is 13.5. The van der Waals surface area contributed by atoms with Crippen molar-refractivity contribution in [2.24, 2.45) is 0 Å². The number of nitrogens with zero attached hydrogens (tertiary/aromatic N) is 4. The van der Waals surface area contributed by atoms with Gasteiger partial charge in [0.05, 0.1) is 19.0 Å². The molecule has 44 heavy (non-hydrogen) atoms. The van der Waals surface area contributed by atoms with Gasteiger partial charge in [-0.3, -0.25) is 13.9 Å². The van der Waals surface area contributed by atoms with E-state index in [1.54, 1.807) is 38.1 Å². The lowest BCUT2D eigenvalue weighted by atomic mass is 9.96. The SMILES string of the molecule is CC(C)OC(=O)C(C)NP(=O)(OCC1(C(F)F)OC(n2cnc3c(N)ncnc32)C(O)C1O)Oc1ccc2ccccc2c1. The van der Waals surface area contributed by atoms with Crippen LogP contribution in [0.15, 0.2) is 55.1 Å². The number of carbonyl (C=O) groups excluding carboxylic acids is 1. The summed E-state index contributed by atoms with van der Waals surface area (Å²) in [6.45, 7) is 3.31. The monoisotopic (exact) mass is 636 g/mol. The number of nitrogens with two attached hydrogens (primary N) is 1. The first-order chi connectivity index (χ1) is 20.8. The van der Waals surface area contributed by atoms with E-state index in [9.17, 15) is 28.4 Å². The van der Waals surface area contributed by atoms with Crippen LogP contribution in [0, 0.1) is 0 Å². The Labute approximate surface area is 249 Å². The van der Waals surface area contributed by atoms with Gasteiger partial charge in [0.25, 0.3) is 6.43 Å². The molecule has 0 radical (unpaired) electrons. The standard InChI is InChI=1S/C27H31F2N6O8P/c1-14(2)41-25(38)15(3)34-44(39,43-18-9-8-16-6-4-5-7-17(16)10-18)40-11-27(26(28)29)21(37)20(36)24(42-27)35-13-33-19-22(30)31-12-32-23(19)35/h4-10,12-15,20-21,24,26,36-37H,11H2,1-3H3,(H,34,39)(H2,30,31,32). The molecule has 4 aromatic rings. The number of esters is 1. The van der Waals surface area contributed by atoms with Gasteiger partial charge in [0.15, 0.2) is 23.3 Å². The second kappa shape index (κ2) is 12.3. The third-order valence-electron chi connectivity index (χ3n) is 6.95. The first-order valence-corrected chi connectivity index (χ1v) is 15.0. The van der Waals surface area contributed by atoms with E-state index < -0.39 is 62.9 Å². The normalized spacial score (nSPS) is 24.2. The second-order valence-electron chi connectivity index (χ2n) is 10.5. The highest BCUT2D eigenvalue weighted by Crippen LogP contribution is 2.49. The van der Waals surface area contributed by atoms with Crippen molar-refractivity contribution in [1.29, 1.82) is 0 Å². The number of nitrogens with one attached hydrogen (secondary N) is 1. The van der Waals surface area contributed by atoms with Crippen LogP contribution in [0.5, 0.6) is 5.75 Å². The maximum atomic E-state index is 14.8. The van der Waals surface area contributed by atoms with Crippen molar-refractivity contribution in [3.8, 4) is 5.75 Å². The highest BCUT2D eigenvalue weighted by molar-refractivity contribution is 7.52. The van der Waals surface area contributed by atoms with Crippen molar-refractivity contribution in [3.63, 3.8) is 0 Å². The van der Waals surface area contributed by atoms with Crippen LogP contribution in [-0.4, -0.2) is 78.7 Å². The van der Waals surface area contributed by atoms with Gasteiger partial charge in [-0.25, -0.2) is 28.3 Å². The lowest BCUT2D eigenvalue weighted by Gasteiger charge is -2.32. The summed E-state index contributed by atoms with van der Waals surface area (Å²) in [5.74, 6) is -0.786. The van der Waals surface area contributed by atoms with E-state index in [0.29, 0.717) is 5.39 Å². The summed E-state index contributed by atoms with van der Waals surface area (Å²) in [5, 5.41) is 25.7. The average molecular weight is 637 g/mol. The van der Waals surface area contributed by atoms with Gasteiger partial charge >= 0.3 is 13.7 Å². The molecule has 1 saturated heterocycles. The Kier molecular flexibility index (Phi) is 8.84. The molecule has 236 valence electrons. The number of alkyl halides is 2. The van der Waals surface area contributed by atoms with E-state index in [4.69, 9.17) is 24.3 Å². The molecule has 1 aliphatic heterocycles. The molecule has 0 bridgehead atoms. The molecule has 1 aliphatic rings. The summed E-state index contributed by atoms with van der Waals surface area (Å²) < 4.78 is 66.6. The number of carbonyl (C=O) groups is 1. The van der Waals surface area contributed by atoms with E-state index in [2.05, 4.69) is 20.0 Å². The van der Waals surface area contributed by atoms with Gasteiger partial charge in [0.2, 0.25) is 0 Å². The zero-order chi connectivity index (χ0) is 31.8. The van der Waals surface area contributed by atoms with Crippen LogP contribution < -0.4 is 15.3 Å². The number of benzene rings is 2. The Balaban J connectivity index is 1.45. The van der Waals surface area contributed by atoms with Crippen molar-refractivity contribution in [1.82, 2.24) is 24.6 Å². The Morgan fingerprint density at radius 2 is 1.89 bits per heavy atom. The van der Waals surface area contributed by atoms with Crippen molar-refractivity contribution in [3.05, 3.63) is 55.1 Å². The molecule has 5 rings (SSSR count). The summed E-state index contributed by atoms with van der Waals surface area (Å²) in [5.41, 5.74) is 3.05. The zero-order valence-corrected chi connectivity index (χ0v) is 24.7. The van der Waals surface area contributed by atoms with E-state index in [0.717, 1.165) is 22.6 Å². The highest BCUT2D eigenvalue weighted by Gasteiger charge is 2.61.